The summed E-state index contributed by atoms with van der Waals surface area (Å²) in [7, 11) is 1.60. The summed E-state index contributed by atoms with van der Waals surface area (Å²) in [6.07, 6.45) is 3.66. The van der Waals surface area contributed by atoms with Crippen LogP contribution in [0.5, 0.6) is 5.75 Å². The number of rotatable bonds is 7. The molecule has 1 saturated heterocycles. The summed E-state index contributed by atoms with van der Waals surface area (Å²) >= 11 is 0. The Kier molecular flexibility index (Phi) is 7.17. The summed E-state index contributed by atoms with van der Waals surface area (Å²) in [5, 5.41) is 13.3. The molecule has 1 aliphatic rings. The largest absolute Gasteiger partial charge is 0.496 e. The number of methoxy groups -OCH3 is 1. The number of piperidine rings is 1. The third-order valence-electron chi connectivity index (χ3n) is 5.10. The lowest BCUT2D eigenvalue weighted by Gasteiger charge is -2.31. The van der Waals surface area contributed by atoms with Crippen molar-refractivity contribution in [3.63, 3.8) is 0 Å². The zero-order valence-corrected chi connectivity index (χ0v) is 16.2. The third-order valence-corrected chi connectivity index (χ3v) is 5.10. The van der Waals surface area contributed by atoms with Crippen molar-refractivity contribution in [1.29, 1.82) is 0 Å². The molecule has 0 saturated carbocycles. The molecule has 2 N–H and O–H groups in total. The van der Waals surface area contributed by atoms with Crippen LogP contribution >= 0.6 is 0 Å². The number of carbonyl (C=O) groups is 1. The van der Waals surface area contributed by atoms with Gasteiger partial charge in [0.1, 0.15) is 5.75 Å². The quantitative estimate of drug-likeness (QED) is 0.571. The molecule has 28 heavy (non-hydrogen) atoms. The molecule has 6 nitrogen and oxygen atoms in total. The number of hydrogen-bond acceptors (Lipinski definition) is 5. The summed E-state index contributed by atoms with van der Waals surface area (Å²) < 4.78 is 5.25. The second-order valence-corrected chi connectivity index (χ2v) is 7.04. The molecule has 0 aromatic heterocycles. The molecule has 0 atom stereocenters. The van der Waals surface area contributed by atoms with Gasteiger partial charge >= 0.3 is 0 Å². The highest BCUT2D eigenvalue weighted by atomic mass is 16.5. The number of ether oxygens (including phenoxy) is 1. The van der Waals surface area contributed by atoms with E-state index in [1.165, 1.54) is 5.56 Å². The van der Waals surface area contributed by atoms with Crippen LogP contribution in [0.4, 0.5) is 0 Å². The first-order valence-electron chi connectivity index (χ1n) is 9.58. The van der Waals surface area contributed by atoms with Crippen molar-refractivity contribution in [3.05, 3.63) is 65.2 Å². The average molecular weight is 381 g/mol. The van der Waals surface area contributed by atoms with E-state index in [-0.39, 0.29) is 12.5 Å². The first kappa shape index (κ1) is 20.0. The van der Waals surface area contributed by atoms with Crippen molar-refractivity contribution >= 4 is 12.1 Å². The fraction of sp³-hybridized carbons (Fsp3) is 0.364. The van der Waals surface area contributed by atoms with Crippen molar-refractivity contribution in [2.45, 2.75) is 19.4 Å². The fourth-order valence-electron chi connectivity index (χ4n) is 3.34. The van der Waals surface area contributed by atoms with Crippen LogP contribution in [0.1, 0.15) is 34.3 Å². The lowest BCUT2D eigenvalue weighted by molar-refractivity contribution is 0.0955. The van der Waals surface area contributed by atoms with Gasteiger partial charge in [-0.25, -0.2) is 5.43 Å². The maximum atomic E-state index is 12.3. The number of aliphatic hydroxyl groups excluding tert-OH is 1. The summed E-state index contributed by atoms with van der Waals surface area (Å²) in [5.41, 5.74) is 5.10. The van der Waals surface area contributed by atoms with Crippen LogP contribution in [-0.2, 0) is 6.54 Å². The minimum atomic E-state index is -0.249. The highest BCUT2D eigenvalue weighted by Gasteiger charge is 2.18. The Morgan fingerprint density at radius 3 is 2.61 bits per heavy atom. The Bertz CT molecular complexity index is 797. The maximum absolute atomic E-state index is 12.3. The van der Waals surface area contributed by atoms with E-state index in [0.29, 0.717) is 17.2 Å². The summed E-state index contributed by atoms with van der Waals surface area (Å²) in [5.74, 6) is 0.896. The lowest BCUT2D eigenvalue weighted by atomic mass is 9.97. The molecule has 2 aromatic rings. The van der Waals surface area contributed by atoms with E-state index in [1.54, 1.807) is 13.3 Å². The van der Waals surface area contributed by atoms with Crippen molar-refractivity contribution in [3.8, 4) is 5.75 Å². The highest BCUT2D eigenvalue weighted by molar-refractivity contribution is 5.95. The van der Waals surface area contributed by atoms with Gasteiger partial charge in [0.05, 0.1) is 13.3 Å². The zero-order chi connectivity index (χ0) is 19.8. The van der Waals surface area contributed by atoms with Gasteiger partial charge in [-0.05, 0) is 61.7 Å². The minimum absolute atomic E-state index is 0.249. The van der Waals surface area contributed by atoms with Crippen LogP contribution in [0.25, 0.3) is 0 Å². The van der Waals surface area contributed by atoms with Gasteiger partial charge in [0.2, 0.25) is 0 Å². The van der Waals surface area contributed by atoms with E-state index in [9.17, 15) is 9.90 Å². The van der Waals surface area contributed by atoms with E-state index in [4.69, 9.17) is 4.74 Å². The molecule has 0 spiro atoms. The third kappa shape index (κ3) is 5.41. The molecule has 0 radical (unpaired) electrons. The summed E-state index contributed by atoms with van der Waals surface area (Å²) in [6, 6.07) is 15.1. The topological polar surface area (TPSA) is 74.2 Å². The van der Waals surface area contributed by atoms with Crippen LogP contribution in [0.3, 0.4) is 0 Å². The fourth-order valence-corrected chi connectivity index (χ4v) is 3.34. The van der Waals surface area contributed by atoms with Crippen molar-refractivity contribution < 1.29 is 14.6 Å². The summed E-state index contributed by atoms with van der Waals surface area (Å²) in [4.78, 5) is 14.7. The van der Waals surface area contributed by atoms with Crippen LogP contribution < -0.4 is 10.2 Å². The normalized spacial score (nSPS) is 15.6. The van der Waals surface area contributed by atoms with Crippen molar-refractivity contribution in [2.75, 3.05) is 26.8 Å². The number of nitrogens with one attached hydrogen (secondary N) is 1. The number of para-hydroxylation sites is 1. The number of hydrogen-bond donors (Lipinski definition) is 2. The molecule has 1 fully saturated rings. The Hall–Kier alpha value is -2.70. The monoisotopic (exact) mass is 381 g/mol. The predicted octanol–water partition coefficient (Wildman–Crippen LogP) is 2.66. The molecule has 0 bridgehead atoms. The molecule has 148 valence electrons. The zero-order valence-electron chi connectivity index (χ0n) is 16.2. The highest BCUT2D eigenvalue weighted by Crippen LogP contribution is 2.18. The van der Waals surface area contributed by atoms with Crippen molar-refractivity contribution in [1.82, 2.24) is 10.3 Å². The van der Waals surface area contributed by atoms with Gasteiger partial charge in [-0.2, -0.15) is 5.10 Å². The molecular formula is C22H27N3O3. The molecule has 0 unspecified atom stereocenters. The number of hydrazone groups is 1. The van der Waals surface area contributed by atoms with Gasteiger partial charge in [0, 0.05) is 24.3 Å². The Balaban J connectivity index is 1.51. The molecule has 0 aliphatic carbocycles. The standard InChI is InChI=1S/C22H27N3O3/c1-28-21-5-3-2-4-20(21)14-23-24-22(27)19-8-6-17(7-9-19)15-25-12-10-18(16-26)11-13-25/h2-9,14,18,26H,10-13,15-16H2,1H3,(H,24,27)/b23-14+. The summed E-state index contributed by atoms with van der Waals surface area (Å²) in [6.45, 7) is 3.17. The van der Waals surface area contributed by atoms with Gasteiger partial charge in [-0.15, -0.1) is 0 Å². The number of nitrogens with zero attached hydrogens (tertiary/aromatic N) is 2. The second-order valence-electron chi connectivity index (χ2n) is 7.04. The Morgan fingerprint density at radius 2 is 1.93 bits per heavy atom. The molecule has 1 aliphatic heterocycles. The molecule has 3 rings (SSSR count). The van der Waals surface area contributed by atoms with E-state index in [2.05, 4.69) is 15.4 Å². The van der Waals surface area contributed by atoms with Crippen molar-refractivity contribution in [2.24, 2.45) is 11.0 Å². The number of amides is 1. The first-order valence-corrected chi connectivity index (χ1v) is 9.58. The molecule has 6 heteroatoms. The van der Waals surface area contributed by atoms with Crippen LogP contribution in [-0.4, -0.2) is 48.9 Å². The molecule has 1 amide bonds. The van der Waals surface area contributed by atoms with E-state index in [1.807, 2.05) is 48.5 Å². The lowest BCUT2D eigenvalue weighted by Crippen LogP contribution is -2.34. The van der Waals surface area contributed by atoms with Crippen LogP contribution in [0.15, 0.2) is 53.6 Å². The minimum Gasteiger partial charge on any atom is -0.496 e. The van der Waals surface area contributed by atoms with Gasteiger partial charge in [0.15, 0.2) is 0 Å². The molecular weight excluding hydrogens is 354 g/mol. The Morgan fingerprint density at radius 1 is 1.21 bits per heavy atom. The molecule has 1 heterocycles. The number of benzene rings is 2. The van der Waals surface area contributed by atoms with Crippen LogP contribution in [0, 0.1) is 5.92 Å². The maximum Gasteiger partial charge on any atom is 0.271 e. The molecule has 2 aromatic carbocycles. The van der Waals surface area contributed by atoms with Crippen LogP contribution in [0.2, 0.25) is 0 Å². The van der Waals surface area contributed by atoms with Gasteiger partial charge in [0.25, 0.3) is 5.91 Å². The number of likely N-dealkylation sites (tertiary alicyclic amines) is 1. The second kappa shape index (κ2) is 10.0. The Labute approximate surface area is 165 Å². The van der Waals surface area contributed by atoms with Gasteiger partial charge in [-0.3, -0.25) is 9.69 Å². The predicted molar refractivity (Wildman–Crippen MR) is 110 cm³/mol. The number of aliphatic hydroxyl groups is 1. The SMILES string of the molecule is COc1ccccc1/C=N/NC(=O)c1ccc(CN2CCC(CO)CC2)cc1. The number of carbonyl (C=O) groups excluding carboxylic acids is 1. The van der Waals surface area contributed by atoms with Gasteiger partial charge in [-0.1, -0.05) is 24.3 Å². The van der Waals surface area contributed by atoms with E-state index < -0.39 is 0 Å². The van der Waals surface area contributed by atoms with Gasteiger partial charge < -0.3 is 9.84 Å². The average Bonchev–Trinajstić information content (AvgIpc) is 2.75. The first-order chi connectivity index (χ1) is 13.7. The van der Waals surface area contributed by atoms with E-state index >= 15 is 0 Å². The van der Waals surface area contributed by atoms with E-state index in [0.717, 1.165) is 38.0 Å². The smallest absolute Gasteiger partial charge is 0.271 e.